The second kappa shape index (κ2) is 18.3. The highest BCUT2D eigenvalue weighted by atomic mass is 16.6. The Morgan fingerprint density at radius 3 is 2.23 bits per heavy atom. The van der Waals surface area contributed by atoms with Crippen molar-refractivity contribution in [2.45, 2.75) is 122 Å². The maximum Gasteiger partial charge on any atom is 0.421 e. The quantitative estimate of drug-likeness (QED) is 0.151. The lowest BCUT2D eigenvalue weighted by Crippen LogP contribution is -2.50. The lowest BCUT2D eigenvalue weighted by molar-refractivity contribution is -0.124. The number of rotatable bonds is 13. The first kappa shape index (κ1) is 39.3. The van der Waals surface area contributed by atoms with Crippen molar-refractivity contribution in [1.82, 2.24) is 4.90 Å². The van der Waals surface area contributed by atoms with Crippen LogP contribution in [0.25, 0.3) is 11.1 Å². The highest BCUT2D eigenvalue weighted by Crippen LogP contribution is 2.39. The molecule has 3 aliphatic rings. The lowest BCUT2D eigenvalue weighted by Gasteiger charge is -2.39. The molecular formula is C43H58N2O7. The van der Waals surface area contributed by atoms with E-state index in [-0.39, 0.29) is 17.7 Å². The average molecular weight is 715 g/mol. The van der Waals surface area contributed by atoms with E-state index < -0.39 is 17.3 Å². The number of unbranched alkanes of at least 4 members (excludes halogenated alkanes) is 8. The number of hydrogen-bond acceptors (Lipinski definition) is 7. The molecule has 9 heteroatoms. The van der Waals surface area contributed by atoms with Crippen LogP contribution in [0.1, 0.15) is 120 Å². The van der Waals surface area contributed by atoms with Crippen molar-refractivity contribution in [2.24, 2.45) is 5.92 Å². The van der Waals surface area contributed by atoms with E-state index in [0.717, 1.165) is 48.8 Å². The maximum absolute atomic E-state index is 14.1. The van der Waals surface area contributed by atoms with Crippen molar-refractivity contribution in [1.29, 1.82) is 0 Å². The topological polar surface area (TPSA) is 94.6 Å². The van der Waals surface area contributed by atoms with Gasteiger partial charge >= 0.3 is 6.09 Å². The molecule has 2 aromatic rings. The summed E-state index contributed by atoms with van der Waals surface area (Å²) in [5.74, 6) is 2.63. The van der Waals surface area contributed by atoms with Crippen molar-refractivity contribution in [3.05, 3.63) is 47.5 Å². The van der Waals surface area contributed by atoms with Crippen LogP contribution in [0.2, 0.25) is 0 Å². The molecular weight excluding hydrogens is 656 g/mol. The van der Waals surface area contributed by atoms with Gasteiger partial charge in [0.1, 0.15) is 17.0 Å². The zero-order chi connectivity index (χ0) is 37.1. The molecule has 0 atom stereocenters. The molecule has 0 bridgehead atoms. The van der Waals surface area contributed by atoms with Crippen LogP contribution in [0.3, 0.4) is 0 Å². The number of fused-ring (bicyclic) bond motifs is 1. The summed E-state index contributed by atoms with van der Waals surface area (Å²) in [4.78, 5) is 44.8. The van der Waals surface area contributed by atoms with E-state index in [0.29, 0.717) is 82.2 Å². The Bertz CT molecular complexity index is 1580. The minimum absolute atomic E-state index is 0.0120. The van der Waals surface area contributed by atoms with E-state index in [1.54, 1.807) is 26.8 Å². The van der Waals surface area contributed by atoms with Crippen molar-refractivity contribution in [3.63, 3.8) is 0 Å². The number of carbonyl (C=O) groups excluding carboxylic acids is 3. The van der Waals surface area contributed by atoms with Gasteiger partial charge in [-0.15, -0.1) is 12.3 Å². The fourth-order valence-corrected chi connectivity index (χ4v) is 7.40. The van der Waals surface area contributed by atoms with Gasteiger partial charge in [-0.2, -0.15) is 0 Å². The summed E-state index contributed by atoms with van der Waals surface area (Å²) in [5, 5.41) is 0. The third-order valence-corrected chi connectivity index (χ3v) is 10.4. The SMILES string of the molecule is C#CCCCCCCCCCCN1CC2(CCOCC2)Oc2cc(-c3cc(N(C(=O)OC(C)(C)C)C(=O)C4CCOCC4)ccc3C)ccc2C1=O. The highest BCUT2D eigenvalue weighted by molar-refractivity contribution is 6.13. The first-order valence-electron chi connectivity index (χ1n) is 19.4. The zero-order valence-corrected chi connectivity index (χ0v) is 31.8. The number of aryl methyl sites for hydroxylation is 1. The molecule has 0 N–H and O–H groups in total. The van der Waals surface area contributed by atoms with E-state index in [9.17, 15) is 14.4 Å². The monoisotopic (exact) mass is 714 g/mol. The average Bonchev–Trinajstić information content (AvgIpc) is 3.22. The summed E-state index contributed by atoms with van der Waals surface area (Å²) in [6.07, 6.45) is 17.2. The number of hydrogen-bond donors (Lipinski definition) is 0. The molecule has 2 saturated heterocycles. The zero-order valence-electron chi connectivity index (χ0n) is 31.8. The van der Waals surface area contributed by atoms with Crippen LogP contribution in [0, 0.1) is 25.2 Å². The smallest absolute Gasteiger partial charge is 0.421 e. The number of amides is 3. The van der Waals surface area contributed by atoms with Crippen molar-refractivity contribution < 1.29 is 33.3 Å². The molecule has 3 aliphatic heterocycles. The van der Waals surface area contributed by atoms with Crippen LogP contribution in [-0.2, 0) is 19.0 Å². The van der Waals surface area contributed by atoms with Gasteiger partial charge in [0.25, 0.3) is 5.91 Å². The van der Waals surface area contributed by atoms with Gasteiger partial charge in [0.05, 0.1) is 31.0 Å². The molecule has 9 nitrogen and oxygen atoms in total. The third kappa shape index (κ3) is 10.4. The summed E-state index contributed by atoms with van der Waals surface area (Å²) >= 11 is 0. The fraction of sp³-hybridized carbons (Fsp3) is 0.605. The number of benzene rings is 2. The summed E-state index contributed by atoms with van der Waals surface area (Å²) in [5.41, 5.74) is 2.31. The Kier molecular flexibility index (Phi) is 13.8. The predicted octanol–water partition coefficient (Wildman–Crippen LogP) is 8.88. The van der Waals surface area contributed by atoms with Crippen molar-refractivity contribution in [2.75, 3.05) is 44.4 Å². The molecule has 282 valence electrons. The Hall–Kier alpha value is -3.87. The summed E-state index contributed by atoms with van der Waals surface area (Å²) in [7, 11) is 0. The van der Waals surface area contributed by atoms with E-state index in [1.807, 2.05) is 42.2 Å². The lowest BCUT2D eigenvalue weighted by atomic mass is 9.93. The first-order valence-corrected chi connectivity index (χ1v) is 19.4. The third-order valence-electron chi connectivity index (χ3n) is 10.4. The molecule has 1 spiro atoms. The molecule has 0 saturated carbocycles. The molecule has 0 aliphatic carbocycles. The van der Waals surface area contributed by atoms with Gasteiger partial charge < -0.3 is 23.8 Å². The van der Waals surface area contributed by atoms with Crippen LogP contribution in [0.5, 0.6) is 5.75 Å². The Balaban J connectivity index is 1.37. The largest absolute Gasteiger partial charge is 0.484 e. The number of imide groups is 1. The van der Waals surface area contributed by atoms with E-state index in [4.69, 9.17) is 25.4 Å². The molecule has 2 fully saturated rings. The number of carbonyl (C=O) groups is 3. The Morgan fingerprint density at radius 1 is 0.904 bits per heavy atom. The van der Waals surface area contributed by atoms with Crippen molar-refractivity contribution >= 4 is 23.6 Å². The molecule has 3 amide bonds. The number of anilines is 1. The van der Waals surface area contributed by atoms with E-state index >= 15 is 0 Å². The van der Waals surface area contributed by atoms with Crippen molar-refractivity contribution in [3.8, 4) is 29.2 Å². The molecule has 0 aromatic heterocycles. The number of nitrogens with zero attached hydrogens (tertiary/aromatic N) is 2. The van der Waals surface area contributed by atoms with Crippen LogP contribution in [0.4, 0.5) is 10.5 Å². The maximum atomic E-state index is 14.1. The van der Waals surface area contributed by atoms with E-state index in [1.165, 1.54) is 30.6 Å². The second-order valence-electron chi connectivity index (χ2n) is 15.7. The summed E-state index contributed by atoms with van der Waals surface area (Å²) in [6, 6.07) is 11.3. The fourth-order valence-electron chi connectivity index (χ4n) is 7.40. The van der Waals surface area contributed by atoms with Gasteiger partial charge in [-0.1, -0.05) is 50.7 Å². The normalized spacial score (nSPS) is 17.5. The van der Waals surface area contributed by atoms with Gasteiger partial charge in [-0.3, -0.25) is 9.59 Å². The molecule has 0 unspecified atom stereocenters. The Morgan fingerprint density at radius 2 is 1.56 bits per heavy atom. The molecule has 2 aromatic carbocycles. The standard InChI is InChI=1S/C43H58N2O7/c1-6-7-8-9-10-11-12-13-14-15-24-44-31-43(22-27-50-28-23-43)51-38-29-34(17-19-36(38)40(44)47)37-30-35(18-16-32(37)2)45(41(48)52-42(3,4)5)39(46)33-20-25-49-26-21-33/h1,16-19,29-30,33H,7-15,20-28,31H2,2-5H3. The molecule has 0 radical (unpaired) electrons. The first-order chi connectivity index (χ1) is 25.0. The Labute approximate surface area is 310 Å². The van der Waals surface area contributed by atoms with Gasteiger partial charge in [0.15, 0.2) is 0 Å². The minimum Gasteiger partial charge on any atom is -0.484 e. The van der Waals surface area contributed by atoms with E-state index in [2.05, 4.69) is 5.92 Å². The molecule has 52 heavy (non-hydrogen) atoms. The summed E-state index contributed by atoms with van der Waals surface area (Å²) < 4.78 is 23.8. The van der Waals surface area contributed by atoms with Gasteiger partial charge in [0, 0.05) is 44.9 Å². The van der Waals surface area contributed by atoms with Gasteiger partial charge in [-0.05, 0) is 94.3 Å². The molecule has 3 heterocycles. The van der Waals surface area contributed by atoms with Crippen LogP contribution >= 0.6 is 0 Å². The van der Waals surface area contributed by atoms with Gasteiger partial charge in [0.2, 0.25) is 5.91 Å². The minimum atomic E-state index is -0.781. The highest BCUT2D eigenvalue weighted by Gasteiger charge is 2.42. The predicted molar refractivity (Wildman–Crippen MR) is 204 cm³/mol. The van der Waals surface area contributed by atoms with Crippen LogP contribution < -0.4 is 9.64 Å². The van der Waals surface area contributed by atoms with Gasteiger partial charge in [-0.25, -0.2) is 9.69 Å². The second-order valence-corrected chi connectivity index (χ2v) is 15.7. The summed E-state index contributed by atoms with van der Waals surface area (Å²) in [6.45, 7) is 10.7. The number of terminal acetylenes is 1. The number of ether oxygens (including phenoxy) is 4. The van der Waals surface area contributed by atoms with Crippen LogP contribution in [-0.4, -0.2) is 73.5 Å². The molecule has 5 rings (SSSR count). The van der Waals surface area contributed by atoms with Crippen LogP contribution in [0.15, 0.2) is 36.4 Å².